The van der Waals surface area contributed by atoms with Crippen molar-refractivity contribution in [3.8, 4) is 0 Å². The van der Waals surface area contributed by atoms with Crippen LogP contribution in [0.3, 0.4) is 0 Å². The highest BCUT2D eigenvalue weighted by molar-refractivity contribution is 8.13. The van der Waals surface area contributed by atoms with Crippen molar-refractivity contribution in [3.63, 3.8) is 0 Å². The highest BCUT2D eigenvalue weighted by Gasteiger charge is 2.33. The Balaban J connectivity index is 2.37. The Hall–Kier alpha value is -1.01. The van der Waals surface area contributed by atoms with Gasteiger partial charge in [-0.25, -0.2) is 8.42 Å². The third-order valence-corrected chi connectivity index (χ3v) is 5.36. The highest BCUT2D eigenvalue weighted by Crippen LogP contribution is 2.27. The zero-order valence-corrected chi connectivity index (χ0v) is 14.1. The lowest BCUT2D eigenvalue weighted by molar-refractivity contribution is 0.0690. The van der Waals surface area contributed by atoms with Crippen LogP contribution in [0, 0.1) is 5.92 Å². The van der Waals surface area contributed by atoms with E-state index in [1.54, 1.807) is 4.57 Å². The molecule has 1 aromatic rings. The molecule has 0 aliphatic carbocycles. The van der Waals surface area contributed by atoms with Crippen molar-refractivity contribution in [2.45, 2.75) is 51.1 Å². The summed E-state index contributed by atoms with van der Waals surface area (Å²) >= 11 is 0. The lowest BCUT2D eigenvalue weighted by atomic mass is 10.0. The second-order valence-electron chi connectivity index (χ2n) is 5.74. The van der Waals surface area contributed by atoms with Crippen LogP contribution in [0.4, 0.5) is 0 Å². The molecule has 118 valence electrons. The molecular formula is C14H21ClN2O3S. The molecule has 1 amide bonds. The SMILES string of the molecule is CCn1cc(S(=O)(=O)Cl)cc1C(=O)N1CCCC1C(C)C. The Morgan fingerprint density at radius 2 is 2.14 bits per heavy atom. The molecule has 0 N–H and O–H groups in total. The summed E-state index contributed by atoms with van der Waals surface area (Å²) < 4.78 is 24.6. The zero-order chi connectivity index (χ0) is 15.8. The normalized spacial score (nSPS) is 19.5. The van der Waals surface area contributed by atoms with Crippen LogP contribution in [0.1, 0.15) is 44.1 Å². The van der Waals surface area contributed by atoms with Gasteiger partial charge in [0.1, 0.15) is 10.6 Å². The summed E-state index contributed by atoms with van der Waals surface area (Å²) in [6.45, 7) is 7.31. The molecule has 1 aliphatic heterocycles. The lowest BCUT2D eigenvalue weighted by Crippen LogP contribution is -2.39. The van der Waals surface area contributed by atoms with Crippen molar-refractivity contribution in [1.29, 1.82) is 0 Å². The maximum Gasteiger partial charge on any atom is 0.270 e. The van der Waals surface area contributed by atoms with Gasteiger partial charge in [-0.1, -0.05) is 13.8 Å². The van der Waals surface area contributed by atoms with Gasteiger partial charge in [0.15, 0.2) is 0 Å². The van der Waals surface area contributed by atoms with E-state index in [0.717, 1.165) is 19.4 Å². The van der Waals surface area contributed by atoms with Gasteiger partial charge in [0.25, 0.3) is 15.0 Å². The number of halogens is 1. The molecule has 5 nitrogen and oxygen atoms in total. The van der Waals surface area contributed by atoms with Crippen molar-refractivity contribution in [3.05, 3.63) is 18.0 Å². The molecule has 0 radical (unpaired) electrons. The fraction of sp³-hybridized carbons (Fsp3) is 0.643. The molecule has 1 atom stereocenters. The summed E-state index contributed by atoms with van der Waals surface area (Å²) in [5, 5.41) is 0. The van der Waals surface area contributed by atoms with Crippen LogP contribution >= 0.6 is 10.7 Å². The number of nitrogens with zero attached hydrogens (tertiary/aromatic N) is 2. The fourth-order valence-electron chi connectivity index (χ4n) is 2.94. The molecule has 0 spiro atoms. The molecule has 2 rings (SSSR count). The van der Waals surface area contributed by atoms with Crippen LogP contribution in [0.15, 0.2) is 17.2 Å². The molecule has 0 aromatic carbocycles. The average Bonchev–Trinajstić information content (AvgIpc) is 3.03. The maximum atomic E-state index is 12.7. The van der Waals surface area contributed by atoms with Crippen molar-refractivity contribution >= 4 is 25.6 Å². The minimum absolute atomic E-state index is 0.0188. The smallest absolute Gasteiger partial charge is 0.270 e. The number of hydrogen-bond acceptors (Lipinski definition) is 3. The van der Waals surface area contributed by atoms with Crippen LogP contribution < -0.4 is 0 Å². The maximum absolute atomic E-state index is 12.7. The third-order valence-electron chi connectivity index (χ3n) is 4.04. The van der Waals surface area contributed by atoms with Crippen molar-refractivity contribution < 1.29 is 13.2 Å². The summed E-state index contributed by atoms with van der Waals surface area (Å²) in [7, 11) is 1.56. The van der Waals surface area contributed by atoms with E-state index < -0.39 is 9.05 Å². The molecule has 0 saturated carbocycles. The van der Waals surface area contributed by atoms with Gasteiger partial charge in [0, 0.05) is 36.0 Å². The Bertz CT molecular complexity index is 637. The van der Waals surface area contributed by atoms with Gasteiger partial charge in [-0.05, 0) is 31.7 Å². The summed E-state index contributed by atoms with van der Waals surface area (Å²) in [4.78, 5) is 14.6. The number of rotatable bonds is 4. The van der Waals surface area contributed by atoms with Gasteiger partial charge in [-0.15, -0.1) is 0 Å². The Kier molecular flexibility index (Phi) is 4.68. The van der Waals surface area contributed by atoms with Crippen LogP contribution in [-0.4, -0.2) is 36.4 Å². The van der Waals surface area contributed by atoms with Crippen molar-refractivity contribution in [2.75, 3.05) is 6.54 Å². The fourth-order valence-corrected chi connectivity index (χ4v) is 3.70. The number of carbonyl (C=O) groups is 1. The van der Waals surface area contributed by atoms with Crippen molar-refractivity contribution in [2.24, 2.45) is 5.92 Å². The van der Waals surface area contributed by atoms with Crippen LogP contribution in [0.5, 0.6) is 0 Å². The average molecular weight is 333 g/mol. The van der Waals surface area contributed by atoms with Gasteiger partial charge < -0.3 is 9.47 Å². The first-order chi connectivity index (χ1) is 9.75. The highest BCUT2D eigenvalue weighted by atomic mass is 35.7. The molecule has 21 heavy (non-hydrogen) atoms. The molecule has 7 heteroatoms. The minimum Gasteiger partial charge on any atom is -0.342 e. The van der Waals surface area contributed by atoms with E-state index in [1.165, 1.54) is 12.3 Å². The number of likely N-dealkylation sites (tertiary alicyclic amines) is 1. The lowest BCUT2D eigenvalue weighted by Gasteiger charge is -2.28. The molecule has 1 unspecified atom stereocenters. The summed E-state index contributed by atoms with van der Waals surface area (Å²) in [6.07, 6.45) is 3.41. The van der Waals surface area contributed by atoms with Crippen LogP contribution in [0.2, 0.25) is 0 Å². The van der Waals surface area contributed by atoms with Gasteiger partial charge >= 0.3 is 0 Å². The van der Waals surface area contributed by atoms with E-state index in [-0.39, 0.29) is 16.8 Å². The Labute approximate surface area is 130 Å². The van der Waals surface area contributed by atoms with Crippen LogP contribution in [-0.2, 0) is 15.6 Å². The predicted molar refractivity (Wildman–Crippen MR) is 82.0 cm³/mol. The van der Waals surface area contributed by atoms with Crippen LogP contribution in [0.25, 0.3) is 0 Å². The summed E-state index contributed by atoms with van der Waals surface area (Å²) in [5.41, 5.74) is 0.393. The van der Waals surface area contributed by atoms with Gasteiger partial charge in [0.2, 0.25) is 0 Å². The van der Waals surface area contributed by atoms with Crippen molar-refractivity contribution in [1.82, 2.24) is 9.47 Å². The Morgan fingerprint density at radius 1 is 1.48 bits per heavy atom. The molecule has 2 heterocycles. The van der Waals surface area contributed by atoms with E-state index in [9.17, 15) is 13.2 Å². The second-order valence-corrected chi connectivity index (χ2v) is 8.30. The molecule has 1 aliphatic rings. The standard InChI is InChI=1S/C14H21ClN2O3S/c1-4-16-9-11(21(15,19)20)8-13(16)14(18)17-7-5-6-12(17)10(2)3/h8-10,12H,4-7H2,1-3H3. The van der Waals surface area contributed by atoms with Gasteiger partial charge in [0.05, 0.1) is 0 Å². The largest absolute Gasteiger partial charge is 0.342 e. The monoisotopic (exact) mass is 332 g/mol. The molecule has 1 saturated heterocycles. The van der Waals surface area contributed by atoms with Gasteiger partial charge in [-0.2, -0.15) is 0 Å². The third kappa shape index (κ3) is 3.26. The number of hydrogen-bond donors (Lipinski definition) is 0. The number of amides is 1. The summed E-state index contributed by atoms with van der Waals surface area (Å²) in [6, 6.07) is 1.60. The number of aromatic nitrogens is 1. The first-order valence-electron chi connectivity index (χ1n) is 7.21. The Morgan fingerprint density at radius 3 is 2.67 bits per heavy atom. The first kappa shape index (κ1) is 16.4. The van der Waals surface area contributed by atoms with E-state index >= 15 is 0 Å². The van der Waals surface area contributed by atoms with E-state index in [1.807, 2.05) is 11.8 Å². The second kappa shape index (κ2) is 6.01. The predicted octanol–water partition coefficient (Wildman–Crippen LogP) is 2.70. The summed E-state index contributed by atoms with van der Waals surface area (Å²) in [5.74, 6) is 0.275. The quantitative estimate of drug-likeness (QED) is 0.796. The topological polar surface area (TPSA) is 59.4 Å². The van der Waals surface area contributed by atoms with E-state index in [2.05, 4.69) is 13.8 Å². The number of carbonyl (C=O) groups excluding carboxylic acids is 1. The first-order valence-corrected chi connectivity index (χ1v) is 9.52. The molecule has 1 fully saturated rings. The number of aryl methyl sites for hydroxylation is 1. The van der Waals surface area contributed by atoms with E-state index in [4.69, 9.17) is 10.7 Å². The van der Waals surface area contributed by atoms with E-state index in [0.29, 0.717) is 18.2 Å². The molecule has 1 aromatic heterocycles. The zero-order valence-electron chi connectivity index (χ0n) is 12.5. The van der Waals surface area contributed by atoms with Gasteiger partial charge in [-0.3, -0.25) is 4.79 Å². The molecular weight excluding hydrogens is 312 g/mol. The minimum atomic E-state index is -3.82. The molecule has 0 bridgehead atoms.